The van der Waals surface area contributed by atoms with E-state index < -0.39 is 0 Å². The van der Waals surface area contributed by atoms with Gasteiger partial charge in [0.1, 0.15) is 0 Å². The van der Waals surface area contributed by atoms with Crippen LogP contribution in [0.25, 0.3) is 0 Å². The minimum atomic E-state index is 0.381. The molecule has 0 radical (unpaired) electrons. The van der Waals surface area contributed by atoms with Crippen molar-refractivity contribution in [1.82, 2.24) is 0 Å². The summed E-state index contributed by atoms with van der Waals surface area (Å²) < 4.78 is 1.15. The van der Waals surface area contributed by atoms with Gasteiger partial charge in [0.15, 0.2) is 0 Å². The topological polar surface area (TPSA) is 12.0 Å². The van der Waals surface area contributed by atoms with Crippen molar-refractivity contribution in [1.29, 1.82) is 0 Å². The molecule has 0 bridgehead atoms. The van der Waals surface area contributed by atoms with Gasteiger partial charge in [0.2, 0.25) is 0 Å². The van der Waals surface area contributed by atoms with Crippen LogP contribution in [0.4, 0.5) is 5.69 Å². The molecule has 2 aliphatic rings. The molecule has 4 rings (SSSR count). The Morgan fingerprint density at radius 1 is 1.14 bits per heavy atom. The van der Waals surface area contributed by atoms with Gasteiger partial charge in [-0.3, -0.25) is 0 Å². The third-order valence-corrected chi connectivity index (χ3v) is 5.51. The maximum Gasteiger partial charge on any atom is 0.0554 e. The van der Waals surface area contributed by atoms with Crippen molar-refractivity contribution < 1.29 is 0 Å². The van der Waals surface area contributed by atoms with Gasteiger partial charge in [0.25, 0.3) is 0 Å². The fraction of sp³-hybridized carbons (Fsp3) is 0.300. The predicted molar refractivity (Wildman–Crippen MR) is 96.4 cm³/mol. The average molecular weight is 354 g/mol. The monoisotopic (exact) mass is 353 g/mol. The number of hydrogen-bond acceptors (Lipinski definition) is 1. The lowest BCUT2D eigenvalue weighted by Crippen LogP contribution is -2.29. The van der Waals surface area contributed by atoms with Crippen LogP contribution >= 0.6 is 15.9 Å². The molecule has 2 aromatic carbocycles. The molecule has 1 N–H and O–H groups in total. The van der Waals surface area contributed by atoms with E-state index >= 15 is 0 Å². The minimum absolute atomic E-state index is 0.381. The van der Waals surface area contributed by atoms with Gasteiger partial charge in [-0.1, -0.05) is 57.9 Å². The van der Waals surface area contributed by atoms with Gasteiger partial charge in [-0.15, -0.1) is 0 Å². The van der Waals surface area contributed by atoms with E-state index in [0.717, 1.165) is 10.9 Å². The predicted octanol–water partition coefficient (Wildman–Crippen LogP) is 5.89. The molecular weight excluding hydrogens is 334 g/mol. The summed E-state index contributed by atoms with van der Waals surface area (Å²) in [6.07, 6.45) is 5.92. The van der Waals surface area contributed by atoms with E-state index in [1.54, 1.807) is 0 Å². The number of aryl methyl sites for hydroxylation is 2. The van der Waals surface area contributed by atoms with Crippen LogP contribution in [-0.4, -0.2) is 0 Å². The van der Waals surface area contributed by atoms with Crippen molar-refractivity contribution in [3.8, 4) is 0 Å². The van der Waals surface area contributed by atoms with E-state index in [1.807, 2.05) is 0 Å². The summed E-state index contributed by atoms with van der Waals surface area (Å²) in [5, 5.41) is 3.85. The van der Waals surface area contributed by atoms with Crippen molar-refractivity contribution in [3.63, 3.8) is 0 Å². The van der Waals surface area contributed by atoms with Gasteiger partial charge >= 0.3 is 0 Å². The van der Waals surface area contributed by atoms with Crippen LogP contribution in [0.1, 0.15) is 40.6 Å². The normalized spacial score (nSPS) is 25.5. The summed E-state index contributed by atoms with van der Waals surface area (Å²) in [6.45, 7) is 4.41. The Morgan fingerprint density at radius 2 is 2.00 bits per heavy atom. The summed E-state index contributed by atoms with van der Waals surface area (Å²) in [4.78, 5) is 0. The molecule has 0 spiro atoms. The van der Waals surface area contributed by atoms with Crippen molar-refractivity contribution in [2.45, 2.75) is 32.2 Å². The highest BCUT2D eigenvalue weighted by atomic mass is 79.9. The van der Waals surface area contributed by atoms with E-state index in [9.17, 15) is 0 Å². The van der Waals surface area contributed by atoms with E-state index in [0.29, 0.717) is 17.9 Å². The van der Waals surface area contributed by atoms with Crippen LogP contribution in [0.2, 0.25) is 0 Å². The Morgan fingerprint density at radius 3 is 2.82 bits per heavy atom. The fourth-order valence-corrected chi connectivity index (χ4v) is 4.52. The number of rotatable bonds is 1. The Balaban J connectivity index is 1.84. The second kappa shape index (κ2) is 5.27. The molecule has 2 heteroatoms. The Labute approximate surface area is 140 Å². The summed E-state index contributed by atoms with van der Waals surface area (Å²) in [5.74, 6) is 1.15. The SMILES string of the molecule is Cc1cc(C)c2c(c1)[C@@H]1C=CC[C@@H]1[C@H](c1cccc(Br)c1)N2. The summed E-state index contributed by atoms with van der Waals surface area (Å²) in [7, 11) is 0. The lowest BCUT2D eigenvalue weighted by Gasteiger charge is -2.38. The van der Waals surface area contributed by atoms with Gasteiger partial charge < -0.3 is 5.32 Å². The second-order valence-electron chi connectivity index (χ2n) is 6.58. The molecule has 0 saturated heterocycles. The maximum absolute atomic E-state index is 3.85. The van der Waals surface area contributed by atoms with Crippen LogP contribution in [0.5, 0.6) is 0 Å². The number of allylic oxidation sites excluding steroid dienone is 2. The van der Waals surface area contributed by atoms with Crippen molar-refractivity contribution >= 4 is 21.6 Å². The standard InChI is InChI=1S/C20H20BrN/c1-12-9-13(2)19-18(10-12)16-7-4-8-17(16)20(22-19)14-5-3-6-15(21)11-14/h3-7,9-11,16-17,20,22H,8H2,1-2H3/t16-,17+,20+/m1/s1. The first-order valence-corrected chi connectivity index (χ1v) is 8.72. The van der Waals surface area contributed by atoms with Crippen LogP contribution in [-0.2, 0) is 0 Å². The minimum Gasteiger partial charge on any atom is -0.377 e. The maximum atomic E-state index is 3.85. The number of benzene rings is 2. The van der Waals surface area contributed by atoms with E-state index in [1.165, 1.54) is 27.9 Å². The third-order valence-electron chi connectivity index (χ3n) is 5.02. The number of nitrogens with one attached hydrogen (secondary N) is 1. The first-order valence-electron chi connectivity index (χ1n) is 7.93. The van der Waals surface area contributed by atoms with Crippen LogP contribution in [0, 0.1) is 19.8 Å². The molecule has 1 aliphatic carbocycles. The summed E-state index contributed by atoms with van der Waals surface area (Å²) in [5.41, 5.74) is 6.90. The molecular formula is C20H20BrN. The first-order chi connectivity index (χ1) is 10.6. The van der Waals surface area contributed by atoms with Gasteiger partial charge in [0, 0.05) is 16.1 Å². The highest BCUT2D eigenvalue weighted by Crippen LogP contribution is 2.50. The Kier molecular flexibility index (Phi) is 3.37. The van der Waals surface area contributed by atoms with Crippen LogP contribution in [0.15, 0.2) is 53.0 Å². The number of fused-ring (bicyclic) bond motifs is 3. The van der Waals surface area contributed by atoms with Gasteiger partial charge in [-0.05, 0) is 55.0 Å². The molecule has 0 aromatic heterocycles. The van der Waals surface area contributed by atoms with Crippen LogP contribution in [0.3, 0.4) is 0 Å². The highest BCUT2D eigenvalue weighted by Gasteiger charge is 2.38. The lowest BCUT2D eigenvalue weighted by atomic mass is 9.76. The van der Waals surface area contributed by atoms with E-state index in [4.69, 9.17) is 0 Å². The molecule has 0 unspecified atom stereocenters. The highest BCUT2D eigenvalue weighted by molar-refractivity contribution is 9.10. The largest absolute Gasteiger partial charge is 0.377 e. The lowest BCUT2D eigenvalue weighted by molar-refractivity contribution is 0.425. The summed E-state index contributed by atoms with van der Waals surface area (Å²) >= 11 is 3.61. The molecule has 0 fully saturated rings. The molecule has 1 heterocycles. The number of halogens is 1. The molecule has 0 saturated carbocycles. The summed E-state index contributed by atoms with van der Waals surface area (Å²) in [6, 6.07) is 13.7. The van der Waals surface area contributed by atoms with Gasteiger partial charge in [0.05, 0.1) is 6.04 Å². The third kappa shape index (κ3) is 2.21. The van der Waals surface area contributed by atoms with Gasteiger partial charge in [-0.25, -0.2) is 0 Å². The second-order valence-corrected chi connectivity index (χ2v) is 7.49. The van der Waals surface area contributed by atoms with Gasteiger partial charge in [-0.2, -0.15) is 0 Å². The van der Waals surface area contributed by atoms with E-state index in [2.05, 4.69) is 83.6 Å². The zero-order chi connectivity index (χ0) is 15.3. The van der Waals surface area contributed by atoms with E-state index in [-0.39, 0.29) is 0 Å². The van der Waals surface area contributed by atoms with Crippen LogP contribution < -0.4 is 5.32 Å². The Bertz CT molecular complexity index is 762. The average Bonchev–Trinajstić information content (AvgIpc) is 2.96. The molecule has 0 amide bonds. The molecule has 2 aromatic rings. The quantitative estimate of drug-likeness (QED) is 0.630. The zero-order valence-corrected chi connectivity index (χ0v) is 14.5. The number of anilines is 1. The first kappa shape index (κ1) is 14.1. The smallest absolute Gasteiger partial charge is 0.0554 e. The molecule has 1 aliphatic heterocycles. The molecule has 22 heavy (non-hydrogen) atoms. The van der Waals surface area contributed by atoms with Crippen molar-refractivity contribution in [2.24, 2.45) is 5.92 Å². The number of hydrogen-bond donors (Lipinski definition) is 1. The van der Waals surface area contributed by atoms with Crippen molar-refractivity contribution in [2.75, 3.05) is 5.32 Å². The molecule has 112 valence electrons. The molecule has 3 atom stereocenters. The zero-order valence-electron chi connectivity index (χ0n) is 12.9. The fourth-order valence-electron chi connectivity index (χ4n) is 4.10. The Hall–Kier alpha value is -1.54. The van der Waals surface area contributed by atoms with Crippen molar-refractivity contribution in [3.05, 3.63) is 75.3 Å². The molecule has 1 nitrogen and oxygen atoms in total.